The molecule has 70 valence electrons. The van der Waals surface area contributed by atoms with Gasteiger partial charge < -0.3 is 10.8 Å². The number of rotatable bonds is 3. The van der Waals surface area contributed by atoms with Crippen LogP contribution in [-0.2, 0) is 0 Å². The molecule has 0 aliphatic rings. The zero-order chi connectivity index (χ0) is 9.84. The van der Waals surface area contributed by atoms with E-state index in [2.05, 4.69) is 4.98 Å². The van der Waals surface area contributed by atoms with E-state index in [4.69, 9.17) is 5.73 Å². The summed E-state index contributed by atoms with van der Waals surface area (Å²) < 4.78 is 0. The van der Waals surface area contributed by atoms with Crippen LogP contribution in [0, 0.1) is 10.1 Å². The molecular weight excluding hydrogens is 174 g/mol. The first kappa shape index (κ1) is 9.56. The molecule has 6 nitrogen and oxygen atoms in total. The molecule has 0 saturated carbocycles. The summed E-state index contributed by atoms with van der Waals surface area (Å²) in [6.07, 6.45) is 0.231. The lowest BCUT2D eigenvalue weighted by Gasteiger charge is -2.04. The van der Waals surface area contributed by atoms with E-state index in [0.29, 0.717) is 5.69 Å². The van der Waals surface area contributed by atoms with Crippen molar-refractivity contribution in [2.45, 2.75) is 6.10 Å². The van der Waals surface area contributed by atoms with Gasteiger partial charge in [-0.3, -0.25) is 15.1 Å². The Bertz CT molecular complexity index is 298. The van der Waals surface area contributed by atoms with Gasteiger partial charge in [-0.05, 0) is 6.07 Å². The molecule has 0 saturated heterocycles. The zero-order valence-electron chi connectivity index (χ0n) is 6.75. The van der Waals surface area contributed by atoms with E-state index in [1.807, 2.05) is 0 Å². The molecule has 0 aliphatic carbocycles. The fourth-order valence-electron chi connectivity index (χ4n) is 0.823. The van der Waals surface area contributed by atoms with Crippen molar-refractivity contribution in [1.82, 2.24) is 4.98 Å². The SMILES string of the molecule is NCC(O)c1ccc([N+](=O)[O-])cn1. The lowest BCUT2D eigenvalue weighted by Crippen LogP contribution is -2.12. The normalized spacial score (nSPS) is 12.5. The van der Waals surface area contributed by atoms with Gasteiger partial charge in [-0.1, -0.05) is 0 Å². The number of nitro groups is 1. The van der Waals surface area contributed by atoms with Gasteiger partial charge in [0.25, 0.3) is 5.69 Å². The van der Waals surface area contributed by atoms with Crippen molar-refractivity contribution in [1.29, 1.82) is 0 Å². The molecule has 0 spiro atoms. The Morgan fingerprint density at radius 2 is 2.38 bits per heavy atom. The van der Waals surface area contributed by atoms with Crippen LogP contribution >= 0.6 is 0 Å². The van der Waals surface area contributed by atoms with Crippen LogP contribution in [0.5, 0.6) is 0 Å². The Hall–Kier alpha value is -1.53. The molecular formula is C7H9N3O3. The predicted octanol–water partition coefficient (Wildman–Crippen LogP) is -0.0181. The van der Waals surface area contributed by atoms with Gasteiger partial charge >= 0.3 is 0 Å². The van der Waals surface area contributed by atoms with E-state index in [1.54, 1.807) is 0 Å². The van der Waals surface area contributed by atoms with Crippen molar-refractivity contribution in [3.8, 4) is 0 Å². The van der Waals surface area contributed by atoms with Gasteiger partial charge in [0, 0.05) is 12.6 Å². The number of aromatic nitrogens is 1. The van der Waals surface area contributed by atoms with Gasteiger partial charge in [0.05, 0.1) is 10.6 Å². The molecule has 3 N–H and O–H groups in total. The summed E-state index contributed by atoms with van der Waals surface area (Å²) >= 11 is 0. The summed E-state index contributed by atoms with van der Waals surface area (Å²) in [5.74, 6) is 0. The average Bonchev–Trinajstić information content (AvgIpc) is 2.17. The molecule has 0 aliphatic heterocycles. The topological polar surface area (TPSA) is 102 Å². The Labute approximate surface area is 74.2 Å². The first-order valence-corrected chi connectivity index (χ1v) is 3.63. The molecule has 0 fully saturated rings. The summed E-state index contributed by atoms with van der Waals surface area (Å²) in [7, 11) is 0. The van der Waals surface area contributed by atoms with Crippen LogP contribution in [0.3, 0.4) is 0 Å². The number of hydrogen-bond acceptors (Lipinski definition) is 5. The van der Waals surface area contributed by atoms with Crippen LogP contribution in [-0.4, -0.2) is 21.6 Å². The maximum atomic E-state index is 10.2. The Morgan fingerprint density at radius 1 is 1.69 bits per heavy atom. The average molecular weight is 183 g/mol. The van der Waals surface area contributed by atoms with E-state index in [1.165, 1.54) is 12.1 Å². The van der Waals surface area contributed by atoms with Gasteiger partial charge in [0.15, 0.2) is 0 Å². The number of pyridine rings is 1. The molecule has 0 aromatic carbocycles. The van der Waals surface area contributed by atoms with Gasteiger partial charge in [-0.2, -0.15) is 0 Å². The van der Waals surface area contributed by atoms with E-state index < -0.39 is 11.0 Å². The summed E-state index contributed by atoms with van der Waals surface area (Å²) in [6, 6.07) is 2.66. The Morgan fingerprint density at radius 3 is 2.77 bits per heavy atom. The quantitative estimate of drug-likeness (QED) is 0.506. The van der Waals surface area contributed by atoms with E-state index in [0.717, 1.165) is 6.20 Å². The number of aliphatic hydroxyl groups is 1. The van der Waals surface area contributed by atoms with Crippen LogP contribution in [0.1, 0.15) is 11.8 Å². The third-order valence-corrected chi connectivity index (χ3v) is 1.55. The van der Waals surface area contributed by atoms with Crippen LogP contribution in [0.15, 0.2) is 18.3 Å². The van der Waals surface area contributed by atoms with Crippen LogP contribution in [0.25, 0.3) is 0 Å². The minimum atomic E-state index is -0.860. The third kappa shape index (κ3) is 2.20. The zero-order valence-corrected chi connectivity index (χ0v) is 6.75. The van der Waals surface area contributed by atoms with Crippen molar-refractivity contribution in [3.63, 3.8) is 0 Å². The number of nitrogens with zero attached hydrogens (tertiary/aromatic N) is 2. The monoisotopic (exact) mass is 183 g/mol. The second-order valence-electron chi connectivity index (χ2n) is 2.45. The maximum absolute atomic E-state index is 10.2. The summed E-state index contributed by atoms with van der Waals surface area (Å²) in [5.41, 5.74) is 5.42. The fraction of sp³-hybridized carbons (Fsp3) is 0.286. The van der Waals surface area contributed by atoms with Crippen molar-refractivity contribution < 1.29 is 10.0 Å². The predicted molar refractivity (Wildman–Crippen MR) is 44.9 cm³/mol. The van der Waals surface area contributed by atoms with Crippen molar-refractivity contribution in [3.05, 3.63) is 34.1 Å². The molecule has 1 rings (SSSR count). The lowest BCUT2D eigenvalue weighted by atomic mass is 10.2. The largest absolute Gasteiger partial charge is 0.385 e. The Kier molecular flexibility index (Phi) is 2.88. The fourth-order valence-corrected chi connectivity index (χ4v) is 0.823. The van der Waals surface area contributed by atoms with Crippen molar-refractivity contribution in [2.75, 3.05) is 6.54 Å². The minimum Gasteiger partial charge on any atom is -0.385 e. The van der Waals surface area contributed by atoms with E-state index >= 15 is 0 Å². The molecule has 13 heavy (non-hydrogen) atoms. The molecule has 1 heterocycles. The highest BCUT2D eigenvalue weighted by Crippen LogP contribution is 2.13. The van der Waals surface area contributed by atoms with Crippen LogP contribution in [0.2, 0.25) is 0 Å². The second-order valence-corrected chi connectivity index (χ2v) is 2.45. The van der Waals surface area contributed by atoms with Crippen LogP contribution < -0.4 is 5.73 Å². The second kappa shape index (κ2) is 3.92. The lowest BCUT2D eigenvalue weighted by molar-refractivity contribution is -0.385. The molecule has 6 heteroatoms. The molecule has 0 bridgehead atoms. The highest BCUT2D eigenvalue weighted by atomic mass is 16.6. The standard InChI is InChI=1S/C7H9N3O3/c8-3-7(11)6-2-1-5(4-9-6)10(12)13/h1-2,4,7,11H,3,8H2. The van der Waals surface area contributed by atoms with Crippen molar-refractivity contribution in [2.24, 2.45) is 5.73 Å². The summed E-state index contributed by atoms with van der Waals surface area (Å²) in [5, 5.41) is 19.4. The smallest absolute Gasteiger partial charge is 0.287 e. The summed E-state index contributed by atoms with van der Waals surface area (Å²) in [4.78, 5) is 13.4. The first-order valence-electron chi connectivity index (χ1n) is 3.63. The van der Waals surface area contributed by atoms with Gasteiger partial charge in [0.1, 0.15) is 12.3 Å². The highest BCUT2D eigenvalue weighted by molar-refractivity contribution is 5.27. The molecule has 0 radical (unpaired) electrons. The maximum Gasteiger partial charge on any atom is 0.287 e. The third-order valence-electron chi connectivity index (χ3n) is 1.55. The molecule has 1 aromatic heterocycles. The van der Waals surface area contributed by atoms with Crippen molar-refractivity contribution >= 4 is 5.69 Å². The molecule has 1 aromatic rings. The van der Waals surface area contributed by atoms with E-state index in [-0.39, 0.29) is 12.2 Å². The molecule has 0 amide bonds. The van der Waals surface area contributed by atoms with Crippen LogP contribution in [0.4, 0.5) is 5.69 Å². The molecule has 1 atom stereocenters. The van der Waals surface area contributed by atoms with Gasteiger partial charge in [0.2, 0.25) is 0 Å². The van der Waals surface area contributed by atoms with Gasteiger partial charge in [-0.15, -0.1) is 0 Å². The van der Waals surface area contributed by atoms with E-state index in [9.17, 15) is 15.2 Å². The number of nitrogens with two attached hydrogens (primary N) is 1. The van der Waals surface area contributed by atoms with Gasteiger partial charge in [-0.25, -0.2) is 0 Å². The Balaban J connectivity index is 2.87. The number of aliphatic hydroxyl groups excluding tert-OH is 1. The first-order chi connectivity index (χ1) is 6.15. The summed E-state index contributed by atoms with van der Waals surface area (Å²) in [6.45, 7) is 0.0464. The molecule has 1 unspecified atom stereocenters. The highest BCUT2D eigenvalue weighted by Gasteiger charge is 2.09. The minimum absolute atomic E-state index is 0.0464. The number of hydrogen-bond donors (Lipinski definition) is 2.